The van der Waals surface area contributed by atoms with Gasteiger partial charge in [0.25, 0.3) is 11.8 Å². The van der Waals surface area contributed by atoms with Crippen molar-refractivity contribution in [2.45, 2.75) is 19.4 Å². The maximum atomic E-state index is 12.6. The van der Waals surface area contributed by atoms with E-state index in [0.29, 0.717) is 30.0 Å². The zero-order chi connectivity index (χ0) is 18.1. The number of rotatable bonds is 8. The number of ether oxygens (including phenoxy) is 1. The van der Waals surface area contributed by atoms with E-state index >= 15 is 0 Å². The molecule has 0 saturated heterocycles. The van der Waals surface area contributed by atoms with Crippen molar-refractivity contribution in [3.8, 4) is 5.75 Å². The Bertz CT molecular complexity index is 729. The highest BCUT2D eigenvalue weighted by Crippen LogP contribution is 2.18. The van der Waals surface area contributed by atoms with Crippen LogP contribution in [0.2, 0.25) is 0 Å². The molecule has 5 heteroatoms. The molecule has 2 aromatic carbocycles. The number of carbonyl (C=O) groups excluding carboxylic acids is 2. The number of para-hydroxylation sites is 2. The zero-order valence-electron chi connectivity index (χ0n) is 14.2. The molecular weight excluding hydrogens is 316 g/mol. The minimum Gasteiger partial charge on any atom is -0.481 e. The number of benzene rings is 2. The van der Waals surface area contributed by atoms with Crippen molar-refractivity contribution in [1.82, 2.24) is 5.32 Å². The first-order valence-corrected chi connectivity index (χ1v) is 8.16. The molecule has 2 aromatic rings. The van der Waals surface area contributed by atoms with Crippen LogP contribution in [0.4, 0.5) is 5.69 Å². The Labute approximate surface area is 147 Å². The Morgan fingerprint density at radius 2 is 1.80 bits per heavy atom. The number of amides is 2. The van der Waals surface area contributed by atoms with Crippen LogP contribution in [-0.2, 0) is 4.79 Å². The van der Waals surface area contributed by atoms with Crippen LogP contribution >= 0.6 is 0 Å². The van der Waals surface area contributed by atoms with Crippen LogP contribution in [0, 0.1) is 0 Å². The van der Waals surface area contributed by atoms with Crippen molar-refractivity contribution in [3.63, 3.8) is 0 Å². The molecule has 5 nitrogen and oxygen atoms in total. The number of anilines is 1. The molecule has 0 heterocycles. The van der Waals surface area contributed by atoms with Crippen LogP contribution in [0.5, 0.6) is 5.75 Å². The third-order valence-corrected chi connectivity index (χ3v) is 3.52. The van der Waals surface area contributed by atoms with Gasteiger partial charge in [0.15, 0.2) is 6.10 Å². The van der Waals surface area contributed by atoms with Crippen molar-refractivity contribution in [2.75, 3.05) is 11.9 Å². The lowest BCUT2D eigenvalue weighted by Crippen LogP contribution is -2.33. The Morgan fingerprint density at radius 1 is 1.12 bits per heavy atom. The molecule has 0 spiro atoms. The van der Waals surface area contributed by atoms with E-state index < -0.39 is 6.10 Å². The minimum atomic E-state index is -0.647. The van der Waals surface area contributed by atoms with Gasteiger partial charge in [-0.2, -0.15) is 0 Å². The van der Waals surface area contributed by atoms with Gasteiger partial charge in [0.05, 0.1) is 11.3 Å². The van der Waals surface area contributed by atoms with Crippen LogP contribution in [0.1, 0.15) is 23.7 Å². The van der Waals surface area contributed by atoms with Gasteiger partial charge in [-0.05, 0) is 30.7 Å². The van der Waals surface area contributed by atoms with E-state index in [0.717, 1.165) is 0 Å². The largest absolute Gasteiger partial charge is 0.481 e. The summed E-state index contributed by atoms with van der Waals surface area (Å²) in [6.45, 7) is 5.80. The van der Waals surface area contributed by atoms with Crippen LogP contribution < -0.4 is 15.4 Å². The first-order chi connectivity index (χ1) is 12.2. The van der Waals surface area contributed by atoms with E-state index in [9.17, 15) is 9.59 Å². The molecule has 2 rings (SSSR count). The van der Waals surface area contributed by atoms with Crippen LogP contribution in [0.25, 0.3) is 0 Å². The van der Waals surface area contributed by atoms with E-state index in [1.54, 1.807) is 42.5 Å². The Hall–Kier alpha value is -3.08. The van der Waals surface area contributed by atoms with E-state index in [1.165, 1.54) is 0 Å². The molecule has 0 aliphatic rings. The predicted octanol–water partition coefficient (Wildman–Crippen LogP) is 3.40. The molecular formula is C20H22N2O3. The second-order valence-electron chi connectivity index (χ2n) is 5.36. The van der Waals surface area contributed by atoms with Crippen LogP contribution in [-0.4, -0.2) is 24.5 Å². The van der Waals surface area contributed by atoms with Crippen molar-refractivity contribution in [1.29, 1.82) is 0 Å². The number of hydrogen-bond donors (Lipinski definition) is 2. The summed E-state index contributed by atoms with van der Waals surface area (Å²) in [5.74, 6) is 0.0599. The lowest BCUT2D eigenvalue weighted by Gasteiger charge is -2.18. The lowest BCUT2D eigenvalue weighted by atomic mass is 10.1. The summed E-state index contributed by atoms with van der Waals surface area (Å²) in [6, 6.07) is 16.0. The average molecular weight is 338 g/mol. The summed E-state index contributed by atoms with van der Waals surface area (Å²) < 4.78 is 5.74. The molecule has 25 heavy (non-hydrogen) atoms. The van der Waals surface area contributed by atoms with Gasteiger partial charge in [-0.1, -0.05) is 43.3 Å². The summed E-state index contributed by atoms with van der Waals surface area (Å²) in [4.78, 5) is 24.7. The SMILES string of the molecule is C=CCNC(=O)c1ccccc1NC(=O)[C@H](CC)Oc1ccccc1. The molecule has 0 fully saturated rings. The van der Waals surface area contributed by atoms with Crippen molar-refractivity contribution in [3.05, 3.63) is 72.8 Å². The number of hydrogen-bond acceptors (Lipinski definition) is 3. The van der Waals surface area contributed by atoms with Crippen molar-refractivity contribution < 1.29 is 14.3 Å². The van der Waals surface area contributed by atoms with Gasteiger partial charge in [-0.25, -0.2) is 0 Å². The van der Waals surface area contributed by atoms with E-state index in [4.69, 9.17) is 4.74 Å². The highest BCUT2D eigenvalue weighted by atomic mass is 16.5. The van der Waals surface area contributed by atoms with Gasteiger partial charge in [-0.3, -0.25) is 9.59 Å². The Kier molecular flexibility index (Phi) is 6.77. The van der Waals surface area contributed by atoms with Gasteiger partial charge in [0.1, 0.15) is 5.75 Å². The molecule has 130 valence electrons. The summed E-state index contributed by atoms with van der Waals surface area (Å²) in [5, 5.41) is 5.49. The van der Waals surface area contributed by atoms with Crippen molar-refractivity contribution in [2.24, 2.45) is 0 Å². The van der Waals surface area contributed by atoms with Crippen molar-refractivity contribution >= 4 is 17.5 Å². The monoisotopic (exact) mass is 338 g/mol. The van der Waals surface area contributed by atoms with Gasteiger partial charge < -0.3 is 15.4 Å². The molecule has 1 atom stereocenters. The zero-order valence-corrected chi connectivity index (χ0v) is 14.2. The first-order valence-electron chi connectivity index (χ1n) is 8.16. The smallest absolute Gasteiger partial charge is 0.265 e. The fourth-order valence-electron chi connectivity index (χ4n) is 2.25. The minimum absolute atomic E-state index is 0.271. The first kappa shape index (κ1) is 18.3. The van der Waals surface area contributed by atoms with Gasteiger partial charge in [0, 0.05) is 6.54 Å². The number of nitrogens with one attached hydrogen (secondary N) is 2. The topological polar surface area (TPSA) is 67.4 Å². The van der Waals surface area contributed by atoms with Gasteiger partial charge in [0.2, 0.25) is 0 Å². The van der Waals surface area contributed by atoms with Crippen LogP contribution in [0.15, 0.2) is 67.3 Å². The third-order valence-electron chi connectivity index (χ3n) is 3.52. The molecule has 0 aliphatic carbocycles. The molecule has 0 bridgehead atoms. The Morgan fingerprint density at radius 3 is 2.48 bits per heavy atom. The Balaban J connectivity index is 2.10. The van der Waals surface area contributed by atoms with Gasteiger partial charge in [-0.15, -0.1) is 6.58 Å². The fraction of sp³-hybridized carbons (Fsp3) is 0.200. The summed E-state index contributed by atoms with van der Waals surface area (Å²) in [5.41, 5.74) is 0.844. The molecule has 0 saturated carbocycles. The van der Waals surface area contributed by atoms with Gasteiger partial charge >= 0.3 is 0 Å². The van der Waals surface area contributed by atoms with E-state index in [1.807, 2.05) is 25.1 Å². The number of carbonyl (C=O) groups is 2. The molecule has 0 aromatic heterocycles. The normalized spacial score (nSPS) is 11.2. The second-order valence-corrected chi connectivity index (χ2v) is 5.36. The maximum Gasteiger partial charge on any atom is 0.265 e. The predicted molar refractivity (Wildman–Crippen MR) is 98.8 cm³/mol. The van der Waals surface area contributed by atoms with Crippen LogP contribution in [0.3, 0.4) is 0 Å². The molecule has 2 N–H and O–H groups in total. The lowest BCUT2D eigenvalue weighted by molar-refractivity contribution is -0.122. The summed E-state index contributed by atoms with van der Waals surface area (Å²) in [7, 11) is 0. The summed E-state index contributed by atoms with van der Waals surface area (Å²) in [6.07, 6.45) is 1.46. The molecule has 0 unspecified atom stereocenters. The van der Waals surface area contributed by atoms with E-state index in [-0.39, 0.29) is 11.8 Å². The third kappa shape index (κ3) is 5.21. The average Bonchev–Trinajstić information content (AvgIpc) is 2.65. The summed E-state index contributed by atoms with van der Waals surface area (Å²) >= 11 is 0. The quantitative estimate of drug-likeness (QED) is 0.725. The highest BCUT2D eigenvalue weighted by molar-refractivity contribution is 6.04. The molecule has 0 aliphatic heterocycles. The fourth-order valence-corrected chi connectivity index (χ4v) is 2.25. The molecule has 0 radical (unpaired) electrons. The maximum absolute atomic E-state index is 12.6. The van der Waals surface area contributed by atoms with E-state index in [2.05, 4.69) is 17.2 Å². The standard InChI is InChI=1S/C20H22N2O3/c1-3-14-21-19(23)16-12-8-9-13-17(16)22-20(24)18(4-2)25-15-10-6-5-7-11-15/h3,5-13,18H,1,4,14H2,2H3,(H,21,23)(H,22,24)/t18-/m0/s1. The second kappa shape index (κ2) is 9.27. The highest BCUT2D eigenvalue weighted by Gasteiger charge is 2.20. The molecule has 2 amide bonds.